The Morgan fingerprint density at radius 1 is 0.659 bits per heavy atom. The molecule has 240 valence electrons. The van der Waals surface area contributed by atoms with Gasteiger partial charge in [-0.2, -0.15) is 5.11 Å². The second kappa shape index (κ2) is 17.9. The van der Waals surface area contributed by atoms with Crippen molar-refractivity contribution in [2.24, 2.45) is 33.9 Å². The van der Waals surface area contributed by atoms with Gasteiger partial charge < -0.3 is 14.2 Å². The molecule has 0 spiro atoms. The van der Waals surface area contributed by atoms with Crippen molar-refractivity contribution in [3.8, 4) is 17.2 Å². The molecule has 2 fully saturated rings. The standard InChI is InChI=1S/C37H52N2O5/c1-4-6-8-10-27-12-16-29(17-13-27)36(40)43-32-22-20-31(21-23-32)38-39-34-25-24-33(26-35(34)42-3)44-37(41)30-18-14-28(15-19-30)11-9-7-5-2/h20-30H,4-19H2,1-3H3. The fraction of sp³-hybridized carbons (Fsp3) is 0.622. The number of carbonyl (C=O) groups excluding carboxylic acids is 2. The minimum absolute atomic E-state index is 0.0122. The molecule has 2 saturated carbocycles. The molecule has 2 aromatic carbocycles. The molecule has 0 heterocycles. The molecule has 44 heavy (non-hydrogen) atoms. The Bertz CT molecular complexity index is 1190. The number of esters is 2. The Hall–Kier alpha value is -3.22. The molecular formula is C37H52N2O5. The van der Waals surface area contributed by atoms with Crippen LogP contribution in [0.1, 0.15) is 117 Å². The fourth-order valence-electron chi connectivity index (χ4n) is 6.64. The first-order valence-electron chi connectivity index (χ1n) is 17.1. The first kappa shape index (κ1) is 33.7. The van der Waals surface area contributed by atoms with E-state index in [0.29, 0.717) is 28.6 Å². The van der Waals surface area contributed by atoms with Gasteiger partial charge in [0, 0.05) is 6.07 Å². The second-order valence-corrected chi connectivity index (χ2v) is 12.8. The van der Waals surface area contributed by atoms with E-state index in [1.54, 1.807) is 49.6 Å². The monoisotopic (exact) mass is 604 g/mol. The predicted octanol–water partition coefficient (Wildman–Crippen LogP) is 10.7. The van der Waals surface area contributed by atoms with Gasteiger partial charge in [0.25, 0.3) is 0 Å². The largest absolute Gasteiger partial charge is 0.494 e. The molecule has 7 heteroatoms. The highest BCUT2D eigenvalue weighted by molar-refractivity contribution is 5.76. The van der Waals surface area contributed by atoms with Gasteiger partial charge in [0.15, 0.2) is 0 Å². The number of hydrogen-bond donors (Lipinski definition) is 0. The van der Waals surface area contributed by atoms with Gasteiger partial charge in [0.05, 0.1) is 24.6 Å². The van der Waals surface area contributed by atoms with Crippen LogP contribution >= 0.6 is 0 Å². The Kier molecular flexibility index (Phi) is 13.7. The molecule has 0 aliphatic heterocycles. The number of hydrogen-bond acceptors (Lipinski definition) is 7. The van der Waals surface area contributed by atoms with E-state index in [1.165, 1.54) is 51.4 Å². The third-order valence-corrected chi connectivity index (χ3v) is 9.49. The number of azo groups is 1. The lowest BCUT2D eigenvalue weighted by Gasteiger charge is -2.27. The predicted molar refractivity (Wildman–Crippen MR) is 174 cm³/mol. The van der Waals surface area contributed by atoms with Crippen molar-refractivity contribution in [2.45, 2.75) is 117 Å². The summed E-state index contributed by atoms with van der Waals surface area (Å²) in [5.41, 5.74) is 1.15. The molecule has 0 atom stereocenters. The van der Waals surface area contributed by atoms with Crippen LogP contribution in [0.3, 0.4) is 0 Å². The average molecular weight is 605 g/mol. The molecule has 0 radical (unpaired) electrons. The topological polar surface area (TPSA) is 86.5 Å². The number of ether oxygens (including phenoxy) is 3. The SMILES string of the molecule is CCCCCC1CCC(C(=O)Oc2ccc(N=Nc3ccc(OC(=O)C4CCC(CCCCC)CC4)cc3OC)cc2)CC1. The molecule has 2 aromatic rings. The van der Waals surface area contributed by atoms with Crippen molar-refractivity contribution in [2.75, 3.05) is 7.11 Å². The Balaban J connectivity index is 1.24. The molecule has 2 aliphatic carbocycles. The van der Waals surface area contributed by atoms with Crippen molar-refractivity contribution in [3.63, 3.8) is 0 Å². The number of benzene rings is 2. The fourth-order valence-corrected chi connectivity index (χ4v) is 6.64. The summed E-state index contributed by atoms with van der Waals surface area (Å²) in [7, 11) is 1.56. The quantitative estimate of drug-likeness (QED) is 0.0873. The van der Waals surface area contributed by atoms with Crippen LogP contribution in [0.25, 0.3) is 0 Å². The van der Waals surface area contributed by atoms with Crippen LogP contribution in [0.2, 0.25) is 0 Å². The molecular weight excluding hydrogens is 552 g/mol. The van der Waals surface area contributed by atoms with Crippen LogP contribution in [-0.4, -0.2) is 19.0 Å². The number of nitrogens with zero attached hydrogens (tertiary/aromatic N) is 2. The molecule has 0 bridgehead atoms. The van der Waals surface area contributed by atoms with E-state index in [0.717, 1.165) is 63.2 Å². The highest BCUT2D eigenvalue weighted by atomic mass is 16.5. The Labute approximate surface area is 264 Å². The van der Waals surface area contributed by atoms with Gasteiger partial charge in [-0.05, 0) is 99.6 Å². The first-order valence-corrected chi connectivity index (χ1v) is 17.1. The normalized spacial score (nSPS) is 22.1. The summed E-state index contributed by atoms with van der Waals surface area (Å²) in [6.07, 6.45) is 18.3. The van der Waals surface area contributed by atoms with Crippen LogP contribution in [0, 0.1) is 23.7 Å². The van der Waals surface area contributed by atoms with E-state index in [2.05, 4.69) is 24.1 Å². The molecule has 0 aromatic heterocycles. The van der Waals surface area contributed by atoms with E-state index < -0.39 is 0 Å². The number of rotatable bonds is 15. The van der Waals surface area contributed by atoms with E-state index in [4.69, 9.17) is 14.2 Å². The molecule has 0 N–H and O–H groups in total. The van der Waals surface area contributed by atoms with Gasteiger partial charge in [0.1, 0.15) is 22.9 Å². The van der Waals surface area contributed by atoms with Crippen LogP contribution < -0.4 is 14.2 Å². The van der Waals surface area contributed by atoms with Crippen molar-refractivity contribution >= 4 is 23.3 Å². The van der Waals surface area contributed by atoms with E-state index >= 15 is 0 Å². The lowest BCUT2D eigenvalue weighted by molar-refractivity contribution is -0.141. The maximum absolute atomic E-state index is 12.8. The maximum Gasteiger partial charge on any atom is 0.314 e. The Morgan fingerprint density at radius 2 is 1.16 bits per heavy atom. The second-order valence-electron chi connectivity index (χ2n) is 12.8. The third kappa shape index (κ3) is 10.4. The molecule has 7 nitrogen and oxygen atoms in total. The van der Waals surface area contributed by atoms with Crippen LogP contribution in [0.15, 0.2) is 52.7 Å². The summed E-state index contributed by atoms with van der Waals surface area (Å²) in [6, 6.07) is 12.2. The number of methoxy groups -OCH3 is 1. The van der Waals surface area contributed by atoms with Crippen molar-refractivity contribution < 1.29 is 23.8 Å². The van der Waals surface area contributed by atoms with Gasteiger partial charge >= 0.3 is 11.9 Å². The summed E-state index contributed by atoms with van der Waals surface area (Å²) in [6.45, 7) is 4.47. The van der Waals surface area contributed by atoms with Gasteiger partial charge in [-0.1, -0.05) is 65.2 Å². The third-order valence-electron chi connectivity index (χ3n) is 9.49. The summed E-state index contributed by atoms with van der Waals surface area (Å²) in [5.74, 6) is 2.61. The van der Waals surface area contributed by atoms with Crippen molar-refractivity contribution in [1.29, 1.82) is 0 Å². The van der Waals surface area contributed by atoms with E-state index in [-0.39, 0.29) is 23.8 Å². The van der Waals surface area contributed by atoms with Crippen molar-refractivity contribution in [3.05, 3.63) is 42.5 Å². The van der Waals surface area contributed by atoms with E-state index in [9.17, 15) is 9.59 Å². The smallest absolute Gasteiger partial charge is 0.314 e. The average Bonchev–Trinajstić information content (AvgIpc) is 3.05. The zero-order valence-electron chi connectivity index (χ0n) is 27.1. The number of unbranched alkanes of at least 4 members (excludes halogenated alkanes) is 4. The molecule has 0 unspecified atom stereocenters. The molecule has 0 saturated heterocycles. The summed E-state index contributed by atoms with van der Waals surface area (Å²) >= 11 is 0. The number of carbonyl (C=O) groups is 2. The van der Waals surface area contributed by atoms with Gasteiger partial charge in [0.2, 0.25) is 0 Å². The minimum Gasteiger partial charge on any atom is -0.494 e. The Morgan fingerprint density at radius 3 is 1.66 bits per heavy atom. The lowest BCUT2D eigenvalue weighted by Crippen LogP contribution is -2.25. The van der Waals surface area contributed by atoms with Crippen LogP contribution in [0.4, 0.5) is 11.4 Å². The van der Waals surface area contributed by atoms with E-state index in [1.807, 2.05) is 0 Å². The first-order chi connectivity index (χ1) is 21.5. The molecule has 0 amide bonds. The highest BCUT2D eigenvalue weighted by Gasteiger charge is 2.29. The molecule has 2 aliphatic rings. The minimum atomic E-state index is -0.163. The van der Waals surface area contributed by atoms with Gasteiger partial charge in [-0.25, -0.2) is 0 Å². The summed E-state index contributed by atoms with van der Waals surface area (Å²) < 4.78 is 16.9. The van der Waals surface area contributed by atoms with Gasteiger partial charge in [-0.15, -0.1) is 5.11 Å². The molecule has 4 rings (SSSR count). The summed E-state index contributed by atoms with van der Waals surface area (Å²) in [4.78, 5) is 25.6. The summed E-state index contributed by atoms with van der Waals surface area (Å²) in [5, 5.41) is 8.67. The lowest BCUT2D eigenvalue weighted by atomic mass is 9.80. The zero-order chi connectivity index (χ0) is 31.1. The van der Waals surface area contributed by atoms with Crippen molar-refractivity contribution in [1.82, 2.24) is 0 Å². The maximum atomic E-state index is 12.8. The van der Waals surface area contributed by atoms with Crippen LogP contribution in [-0.2, 0) is 9.59 Å². The van der Waals surface area contributed by atoms with Crippen LogP contribution in [0.5, 0.6) is 17.2 Å². The van der Waals surface area contributed by atoms with Gasteiger partial charge in [-0.3, -0.25) is 9.59 Å². The highest BCUT2D eigenvalue weighted by Crippen LogP contribution is 2.36. The zero-order valence-corrected chi connectivity index (χ0v) is 27.1.